The molecule has 110 valence electrons. The Morgan fingerprint density at radius 1 is 1.15 bits per heavy atom. The Labute approximate surface area is 124 Å². The summed E-state index contributed by atoms with van der Waals surface area (Å²) in [5, 5.41) is 0. The molecule has 0 amide bonds. The van der Waals surface area contributed by atoms with E-state index < -0.39 is 30.1 Å². The fourth-order valence-electron chi connectivity index (χ4n) is 1.83. The minimum atomic E-state index is -4.42. The van der Waals surface area contributed by atoms with Crippen LogP contribution < -0.4 is 9.94 Å². The molecule has 1 aromatic heterocycles. The molecule has 20 heavy (non-hydrogen) atoms. The molecule has 0 spiro atoms. The number of pyridine rings is 1. The number of hydrogen-bond acceptors (Lipinski definition) is 3. The van der Waals surface area contributed by atoms with Crippen LogP contribution in [0.2, 0.25) is 0 Å². The number of alkyl halides is 3. The van der Waals surface area contributed by atoms with Crippen molar-refractivity contribution in [2.75, 3.05) is 0 Å². The molecule has 0 saturated carbocycles. The van der Waals surface area contributed by atoms with Gasteiger partial charge < -0.3 is 0 Å². The van der Waals surface area contributed by atoms with Crippen LogP contribution in [0.15, 0.2) is 12.3 Å². The summed E-state index contributed by atoms with van der Waals surface area (Å²) in [4.78, 5) is 3.83. The van der Waals surface area contributed by atoms with Gasteiger partial charge in [0, 0.05) is 0 Å². The molecule has 2 heterocycles. The number of rotatable bonds is 1. The van der Waals surface area contributed by atoms with Crippen LogP contribution in [0.1, 0.15) is 33.3 Å². The second-order valence-electron chi connectivity index (χ2n) is 5.79. The van der Waals surface area contributed by atoms with E-state index in [-0.39, 0.29) is 9.94 Å². The normalized spacial score (nSPS) is 21.3. The Kier molecular flexibility index (Phi) is 3.77. The van der Waals surface area contributed by atoms with Crippen LogP contribution in [0.5, 0.6) is 0 Å². The molecule has 0 aliphatic carbocycles. The molecule has 1 unspecified atom stereocenters. The number of hydrogen-bond donors (Lipinski definition) is 0. The van der Waals surface area contributed by atoms with Gasteiger partial charge in [0.2, 0.25) is 0 Å². The van der Waals surface area contributed by atoms with Gasteiger partial charge in [-0.05, 0) is 0 Å². The van der Waals surface area contributed by atoms with Crippen LogP contribution in [0.4, 0.5) is 13.2 Å². The van der Waals surface area contributed by atoms with Gasteiger partial charge in [-0.1, -0.05) is 0 Å². The van der Waals surface area contributed by atoms with Crippen molar-refractivity contribution in [3.63, 3.8) is 0 Å². The predicted molar refractivity (Wildman–Crippen MR) is 73.1 cm³/mol. The Morgan fingerprint density at radius 2 is 1.65 bits per heavy atom. The molecule has 2 rings (SSSR count). The summed E-state index contributed by atoms with van der Waals surface area (Å²) in [6, 6.07) is 1.06. The summed E-state index contributed by atoms with van der Waals surface area (Å²) < 4.78 is 50.2. The van der Waals surface area contributed by atoms with Crippen molar-refractivity contribution in [1.29, 1.82) is 0 Å². The fourth-order valence-corrected chi connectivity index (χ4v) is 2.50. The van der Waals surface area contributed by atoms with Crippen LogP contribution in [0.25, 0.3) is 0 Å². The zero-order valence-electron chi connectivity index (χ0n) is 11.7. The monoisotopic (exact) mass is 349 g/mol. The van der Waals surface area contributed by atoms with E-state index in [1.54, 1.807) is 0 Å². The van der Waals surface area contributed by atoms with Gasteiger partial charge in [-0.2, -0.15) is 0 Å². The van der Waals surface area contributed by atoms with Crippen LogP contribution >= 0.6 is 0 Å². The quantitative estimate of drug-likeness (QED) is 0.699. The second kappa shape index (κ2) is 4.75. The maximum atomic E-state index is 12.9. The zero-order chi connectivity index (χ0) is 15.3. The molecule has 8 heteroatoms. The van der Waals surface area contributed by atoms with Gasteiger partial charge >= 0.3 is 124 Å². The van der Waals surface area contributed by atoms with Crippen molar-refractivity contribution >= 4 is 33.9 Å². The molecule has 3 nitrogen and oxygen atoms in total. The van der Waals surface area contributed by atoms with E-state index >= 15 is 0 Å². The van der Waals surface area contributed by atoms with Crippen LogP contribution in [0.3, 0.4) is 0 Å². The first-order chi connectivity index (χ1) is 8.94. The molecule has 0 aromatic carbocycles. The summed E-state index contributed by atoms with van der Waals surface area (Å²) in [7, 11) is -0.832. The first-order valence-electron chi connectivity index (χ1n) is 6.12. The Hall–Kier alpha value is -0.517. The van der Waals surface area contributed by atoms with Crippen LogP contribution in [-0.2, 0) is 15.5 Å². The van der Waals surface area contributed by atoms with E-state index in [4.69, 9.17) is 9.31 Å². The Morgan fingerprint density at radius 3 is 2.10 bits per heavy atom. The molecular formula is C12H16AsBF3NO2. The van der Waals surface area contributed by atoms with Gasteiger partial charge in [-0.15, -0.1) is 0 Å². The van der Waals surface area contributed by atoms with E-state index in [1.165, 1.54) is 6.20 Å². The molecular weight excluding hydrogens is 333 g/mol. The molecule has 1 aromatic rings. The first-order valence-corrected chi connectivity index (χ1v) is 7.33. The average molecular weight is 349 g/mol. The van der Waals surface area contributed by atoms with Gasteiger partial charge in [0.05, 0.1) is 0 Å². The van der Waals surface area contributed by atoms with Gasteiger partial charge in [0.1, 0.15) is 0 Å². The molecule has 1 atom stereocenters. The Balaban J connectivity index is 2.37. The van der Waals surface area contributed by atoms with E-state index in [1.807, 2.05) is 27.7 Å². The van der Waals surface area contributed by atoms with E-state index in [0.29, 0.717) is 0 Å². The van der Waals surface area contributed by atoms with Gasteiger partial charge in [-0.25, -0.2) is 0 Å². The molecule has 0 radical (unpaired) electrons. The SMILES string of the molecule is CC1(C)OB(c2cnc([AsH2])c(C(F)(F)F)c2)OC1(C)C. The van der Waals surface area contributed by atoms with Gasteiger partial charge in [-0.3, -0.25) is 0 Å². The van der Waals surface area contributed by atoms with E-state index in [0.717, 1.165) is 22.9 Å². The molecule has 1 fully saturated rings. The molecule has 1 saturated heterocycles. The summed E-state index contributed by atoms with van der Waals surface area (Å²) in [5.41, 5.74) is -1.63. The van der Waals surface area contributed by atoms with Gasteiger partial charge in [0.15, 0.2) is 0 Å². The van der Waals surface area contributed by atoms with Crippen LogP contribution in [-0.4, -0.2) is 40.2 Å². The number of nitrogens with zero attached hydrogens (tertiary/aromatic N) is 1. The second-order valence-corrected chi connectivity index (χ2v) is 6.93. The summed E-state index contributed by atoms with van der Waals surface area (Å²) >= 11 is 0.838. The molecule has 1 aliphatic heterocycles. The van der Waals surface area contributed by atoms with Crippen molar-refractivity contribution in [2.24, 2.45) is 0 Å². The molecule has 0 N–H and O–H groups in total. The topological polar surface area (TPSA) is 31.4 Å². The average Bonchev–Trinajstić information content (AvgIpc) is 2.47. The summed E-state index contributed by atoms with van der Waals surface area (Å²) in [6.45, 7) is 7.40. The van der Waals surface area contributed by atoms with Crippen molar-refractivity contribution in [1.82, 2.24) is 4.98 Å². The van der Waals surface area contributed by atoms with Gasteiger partial charge in [0.25, 0.3) is 0 Å². The number of halogens is 3. The van der Waals surface area contributed by atoms with E-state index in [2.05, 4.69) is 4.98 Å². The van der Waals surface area contributed by atoms with Crippen LogP contribution in [0, 0.1) is 0 Å². The Bertz CT molecular complexity index is 518. The third-order valence-corrected chi connectivity index (χ3v) is 4.74. The molecule has 0 bridgehead atoms. The standard InChI is InChI=1S/C12H16AsBF3NO2/c1-10(2)11(3,4)20-14(19-10)7-5-8(12(15,16)17)9(13)18-6-7/h5-6H,13H2,1-4H3. The van der Waals surface area contributed by atoms with Crippen molar-refractivity contribution in [3.05, 3.63) is 17.8 Å². The third-order valence-electron chi connectivity index (χ3n) is 3.77. The summed E-state index contributed by atoms with van der Waals surface area (Å²) in [6.07, 6.45) is -3.03. The van der Waals surface area contributed by atoms with Crippen molar-refractivity contribution in [2.45, 2.75) is 45.1 Å². The first kappa shape index (κ1) is 15.9. The fraction of sp³-hybridized carbons (Fsp3) is 0.583. The molecule has 1 aliphatic rings. The summed E-state index contributed by atoms with van der Waals surface area (Å²) in [5.74, 6) is 0. The van der Waals surface area contributed by atoms with Crippen molar-refractivity contribution < 1.29 is 22.5 Å². The zero-order valence-corrected chi connectivity index (χ0v) is 14.1. The van der Waals surface area contributed by atoms with E-state index in [9.17, 15) is 13.2 Å². The number of aromatic nitrogens is 1. The minimum absolute atomic E-state index is 0.00488. The predicted octanol–water partition coefficient (Wildman–Crippen LogP) is 0.658. The van der Waals surface area contributed by atoms with Crippen molar-refractivity contribution in [3.8, 4) is 0 Å². The maximum absolute atomic E-state index is 12.9. The third kappa shape index (κ3) is 2.76.